The second kappa shape index (κ2) is 5.49. The van der Waals surface area contributed by atoms with Crippen LogP contribution in [0, 0.1) is 5.82 Å². The van der Waals surface area contributed by atoms with Crippen molar-refractivity contribution in [1.29, 1.82) is 0 Å². The van der Waals surface area contributed by atoms with Crippen molar-refractivity contribution in [2.45, 2.75) is 25.7 Å². The fourth-order valence-corrected chi connectivity index (χ4v) is 1.60. The van der Waals surface area contributed by atoms with Gasteiger partial charge in [0.1, 0.15) is 11.6 Å². The number of carbonyl (C=O) groups is 1. The second-order valence-electron chi connectivity index (χ2n) is 3.59. The second-order valence-corrected chi connectivity index (χ2v) is 3.59. The van der Waals surface area contributed by atoms with Gasteiger partial charge in [-0.3, -0.25) is 4.79 Å². The van der Waals surface area contributed by atoms with E-state index in [-0.39, 0.29) is 24.1 Å². The van der Waals surface area contributed by atoms with E-state index >= 15 is 0 Å². The van der Waals surface area contributed by atoms with Crippen LogP contribution in [0.5, 0.6) is 5.75 Å². The quantitative estimate of drug-likeness (QED) is 0.802. The molecule has 88 valence electrons. The summed E-state index contributed by atoms with van der Waals surface area (Å²) in [4.78, 5) is 11.1. The highest BCUT2D eigenvalue weighted by molar-refractivity contribution is 5.70. The highest BCUT2D eigenvalue weighted by Gasteiger charge is 2.18. The molecule has 1 aromatic carbocycles. The van der Waals surface area contributed by atoms with E-state index in [2.05, 4.69) is 4.74 Å². The van der Waals surface area contributed by atoms with Crippen LogP contribution in [-0.4, -0.2) is 18.2 Å². The lowest BCUT2D eigenvalue weighted by molar-refractivity contribution is -0.141. The zero-order valence-corrected chi connectivity index (χ0v) is 9.37. The minimum atomic E-state index is -0.409. The van der Waals surface area contributed by atoms with E-state index in [1.165, 1.54) is 25.3 Å². The first-order valence-corrected chi connectivity index (χ1v) is 5.13. The van der Waals surface area contributed by atoms with Gasteiger partial charge in [0.25, 0.3) is 0 Å². The molecule has 1 N–H and O–H groups in total. The summed E-state index contributed by atoms with van der Waals surface area (Å²) >= 11 is 0. The van der Waals surface area contributed by atoms with Crippen molar-refractivity contribution in [2.24, 2.45) is 0 Å². The summed E-state index contributed by atoms with van der Waals surface area (Å²) < 4.78 is 18.0. The van der Waals surface area contributed by atoms with Crippen LogP contribution in [0.3, 0.4) is 0 Å². The zero-order chi connectivity index (χ0) is 12.1. The Bertz CT molecular complexity index is 377. The summed E-state index contributed by atoms with van der Waals surface area (Å²) in [5.74, 6) is -1.05. The van der Waals surface area contributed by atoms with Crippen molar-refractivity contribution in [1.82, 2.24) is 0 Å². The third-order valence-electron chi connectivity index (χ3n) is 2.55. The molecule has 0 aliphatic heterocycles. The number of ether oxygens (including phenoxy) is 1. The predicted molar refractivity (Wildman–Crippen MR) is 57.7 cm³/mol. The number of methoxy groups -OCH3 is 1. The normalized spacial score (nSPS) is 12.2. The van der Waals surface area contributed by atoms with Crippen LogP contribution in [0.2, 0.25) is 0 Å². The van der Waals surface area contributed by atoms with Gasteiger partial charge in [0.15, 0.2) is 0 Å². The van der Waals surface area contributed by atoms with Crippen molar-refractivity contribution < 1.29 is 19.0 Å². The van der Waals surface area contributed by atoms with E-state index in [0.29, 0.717) is 12.0 Å². The van der Waals surface area contributed by atoms with Crippen LogP contribution in [-0.2, 0) is 9.53 Å². The standard InChI is InChI=1S/C12H15FO3/c1-3-8(6-12(15)16-2)10-7-9(14)4-5-11(10)13/h4-5,7-8,14H,3,6H2,1-2H3/t8-/m0/s1. The maximum absolute atomic E-state index is 13.5. The number of esters is 1. The fourth-order valence-electron chi connectivity index (χ4n) is 1.60. The molecular weight excluding hydrogens is 211 g/mol. The SMILES string of the molecule is CC[C@@H](CC(=O)OC)c1cc(O)ccc1F. The smallest absolute Gasteiger partial charge is 0.306 e. The average molecular weight is 226 g/mol. The molecule has 3 nitrogen and oxygen atoms in total. The van der Waals surface area contributed by atoms with Gasteiger partial charge in [-0.2, -0.15) is 0 Å². The third-order valence-corrected chi connectivity index (χ3v) is 2.55. The molecule has 0 aromatic heterocycles. The van der Waals surface area contributed by atoms with E-state index in [0.717, 1.165) is 0 Å². The van der Waals surface area contributed by atoms with Crippen molar-refractivity contribution in [3.63, 3.8) is 0 Å². The van der Waals surface area contributed by atoms with Crippen molar-refractivity contribution in [3.05, 3.63) is 29.6 Å². The van der Waals surface area contributed by atoms with Crippen LogP contribution in [0.25, 0.3) is 0 Å². The van der Waals surface area contributed by atoms with Crippen molar-refractivity contribution in [3.8, 4) is 5.75 Å². The highest BCUT2D eigenvalue weighted by atomic mass is 19.1. The molecule has 0 aliphatic rings. The number of hydrogen-bond acceptors (Lipinski definition) is 3. The molecule has 16 heavy (non-hydrogen) atoms. The van der Waals surface area contributed by atoms with Gasteiger partial charge in [0.05, 0.1) is 13.5 Å². The molecule has 4 heteroatoms. The molecule has 0 fully saturated rings. The molecule has 0 radical (unpaired) electrons. The Labute approximate surface area is 93.9 Å². The number of phenols is 1. The highest BCUT2D eigenvalue weighted by Crippen LogP contribution is 2.28. The topological polar surface area (TPSA) is 46.5 Å². The molecule has 0 spiro atoms. The minimum absolute atomic E-state index is 0.000263. The van der Waals surface area contributed by atoms with Gasteiger partial charge in [-0.15, -0.1) is 0 Å². The van der Waals surface area contributed by atoms with E-state index in [1.807, 2.05) is 6.92 Å². The lowest BCUT2D eigenvalue weighted by Gasteiger charge is -2.14. The number of benzene rings is 1. The molecular formula is C12H15FO3. The zero-order valence-electron chi connectivity index (χ0n) is 9.37. The largest absolute Gasteiger partial charge is 0.508 e. The van der Waals surface area contributed by atoms with Gasteiger partial charge < -0.3 is 9.84 Å². The van der Waals surface area contributed by atoms with Crippen LogP contribution in [0.4, 0.5) is 4.39 Å². The summed E-state index contributed by atoms with van der Waals surface area (Å²) in [6.45, 7) is 1.86. The van der Waals surface area contributed by atoms with Gasteiger partial charge in [0.2, 0.25) is 0 Å². The Morgan fingerprint density at radius 2 is 2.25 bits per heavy atom. The molecule has 0 unspecified atom stereocenters. The number of carbonyl (C=O) groups excluding carboxylic acids is 1. The molecule has 0 heterocycles. The number of rotatable bonds is 4. The number of aromatic hydroxyl groups is 1. The molecule has 1 atom stereocenters. The van der Waals surface area contributed by atoms with Gasteiger partial charge in [0, 0.05) is 0 Å². The van der Waals surface area contributed by atoms with Crippen LogP contribution in [0.1, 0.15) is 31.2 Å². The maximum atomic E-state index is 13.5. The van der Waals surface area contributed by atoms with Crippen molar-refractivity contribution >= 4 is 5.97 Å². The molecule has 0 amide bonds. The van der Waals surface area contributed by atoms with E-state index in [4.69, 9.17) is 0 Å². The average Bonchev–Trinajstić information content (AvgIpc) is 2.29. The monoisotopic (exact) mass is 226 g/mol. The molecule has 0 bridgehead atoms. The number of hydrogen-bond donors (Lipinski definition) is 1. The number of phenolic OH excluding ortho intramolecular Hbond substituents is 1. The summed E-state index contributed by atoms with van der Waals surface area (Å²) in [6.07, 6.45) is 0.725. The summed E-state index contributed by atoms with van der Waals surface area (Å²) in [5.41, 5.74) is 0.355. The summed E-state index contributed by atoms with van der Waals surface area (Å²) in [5, 5.41) is 9.29. The first kappa shape index (κ1) is 12.5. The van der Waals surface area contributed by atoms with E-state index < -0.39 is 5.82 Å². The Morgan fingerprint density at radius 3 is 2.81 bits per heavy atom. The lowest BCUT2D eigenvalue weighted by atomic mass is 9.92. The predicted octanol–water partition coefficient (Wildman–Crippen LogP) is 2.59. The van der Waals surface area contributed by atoms with Crippen molar-refractivity contribution in [2.75, 3.05) is 7.11 Å². The summed E-state index contributed by atoms with van der Waals surface area (Å²) in [6, 6.07) is 3.83. The van der Waals surface area contributed by atoms with E-state index in [1.54, 1.807) is 0 Å². The fraction of sp³-hybridized carbons (Fsp3) is 0.417. The molecule has 1 aromatic rings. The van der Waals surface area contributed by atoms with Gasteiger partial charge in [-0.25, -0.2) is 4.39 Å². The van der Waals surface area contributed by atoms with Gasteiger partial charge in [-0.05, 0) is 36.1 Å². The minimum Gasteiger partial charge on any atom is -0.508 e. The Balaban J connectivity index is 2.94. The number of halogens is 1. The van der Waals surface area contributed by atoms with Gasteiger partial charge >= 0.3 is 5.97 Å². The molecule has 1 rings (SSSR count). The molecule has 0 saturated carbocycles. The Morgan fingerprint density at radius 1 is 1.56 bits per heavy atom. The first-order valence-electron chi connectivity index (χ1n) is 5.13. The Kier molecular flexibility index (Phi) is 4.28. The van der Waals surface area contributed by atoms with Crippen LogP contribution in [0.15, 0.2) is 18.2 Å². The lowest BCUT2D eigenvalue weighted by Crippen LogP contribution is -2.09. The first-order chi connectivity index (χ1) is 7.58. The van der Waals surface area contributed by atoms with Gasteiger partial charge in [-0.1, -0.05) is 6.92 Å². The van der Waals surface area contributed by atoms with Crippen LogP contribution >= 0.6 is 0 Å². The summed E-state index contributed by atoms with van der Waals surface area (Å²) in [7, 11) is 1.30. The Hall–Kier alpha value is -1.58. The third kappa shape index (κ3) is 2.95. The molecule has 0 saturated heterocycles. The maximum Gasteiger partial charge on any atom is 0.306 e. The molecule has 0 aliphatic carbocycles. The van der Waals surface area contributed by atoms with E-state index in [9.17, 15) is 14.3 Å². The van der Waals surface area contributed by atoms with Crippen LogP contribution < -0.4 is 0 Å².